The van der Waals surface area contributed by atoms with Gasteiger partial charge in [0.25, 0.3) is 5.69 Å². The van der Waals surface area contributed by atoms with Gasteiger partial charge in [0, 0.05) is 43.2 Å². The lowest BCUT2D eigenvalue weighted by atomic mass is 10.2. The van der Waals surface area contributed by atoms with Crippen molar-refractivity contribution in [2.45, 2.75) is 33.4 Å². The molecule has 0 spiro atoms. The molecule has 2 aromatic rings. The summed E-state index contributed by atoms with van der Waals surface area (Å²) in [6.45, 7) is 6.99. The summed E-state index contributed by atoms with van der Waals surface area (Å²) in [7, 11) is 0. The van der Waals surface area contributed by atoms with Crippen molar-refractivity contribution in [1.29, 1.82) is 0 Å². The third-order valence-corrected chi connectivity index (χ3v) is 4.72. The Bertz CT molecular complexity index is 788. The Hall–Kier alpha value is -2.55. The fourth-order valence-electron chi connectivity index (χ4n) is 2.68. The molecule has 0 amide bonds. The molecule has 2 rings (SSSR count). The molecule has 0 aliphatic carbocycles. The van der Waals surface area contributed by atoms with Crippen molar-refractivity contribution in [3.8, 4) is 0 Å². The van der Waals surface area contributed by atoms with Gasteiger partial charge in [-0.2, -0.15) is 16.9 Å². The van der Waals surface area contributed by atoms with Gasteiger partial charge >= 0.3 is 0 Å². The molecule has 28 heavy (non-hydrogen) atoms. The minimum absolute atomic E-state index is 0.0910. The quantitative estimate of drug-likeness (QED) is 0.208. The number of aromatic nitrogens is 2. The lowest BCUT2D eigenvalue weighted by molar-refractivity contribution is -0.384. The highest BCUT2D eigenvalue weighted by atomic mass is 32.2. The molecule has 0 aliphatic rings. The number of guanidine groups is 1. The molecular weight excluding hydrogens is 376 g/mol. The number of aliphatic imine (C=N–C) groups is 1. The van der Waals surface area contributed by atoms with Crippen LogP contribution in [0.4, 0.5) is 5.69 Å². The number of nitrogens with zero attached hydrogens (tertiary/aromatic N) is 4. The first-order valence-electron chi connectivity index (χ1n) is 9.25. The zero-order chi connectivity index (χ0) is 20.4. The average molecular weight is 405 g/mol. The summed E-state index contributed by atoms with van der Waals surface area (Å²) >= 11 is 1.77. The second-order valence-electron chi connectivity index (χ2n) is 6.44. The number of nitro groups is 1. The highest BCUT2D eigenvalue weighted by Crippen LogP contribution is 2.12. The molecule has 9 heteroatoms. The van der Waals surface area contributed by atoms with Gasteiger partial charge in [-0.15, -0.1) is 0 Å². The molecule has 0 bridgehead atoms. The van der Waals surface area contributed by atoms with Crippen molar-refractivity contribution >= 4 is 23.4 Å². The van der Waals surface area contributed by atoms with Gasteiger partial charge in [0.15, 0.2) is 5.96 Å². The second-order valence-corrected chi connectivity index (χ2v) is 7.42. The van der Waals surface area contributed by atoms with E-state index in [0.29, 0.717) is 6.54 Å². The third kappa shape index (κ3) is 7.22. The normalized spacial score (nSPS) is 11.5. The number of benzene rings is 1. The minimum atomic E-state index is -0.396. The third-order valence-electron chi connectivity index (χ3n) is 4.11. The van der Waals surface area contributed by atoms with E-state index in [1.165, 1.54) is 17.8 Å². The number of non-ortho nitro benzene ring substituents is 1. The van der Waals surface area contributed by atoms with E-state index in [1.807, 2.05) is 11.6 Å². The lowest BCUT2D eigenvalue weighted by Gasteiger charge is -2.13. The number of hydrogen-bond donors (Lipinski definition) is 2. The Balaban J connectivity index is 1.87. The smallest absolute Gasteiger partial charge is 0.269 e. The van der Waals surface area contributed by atoms with Crippen molar-refractivity contribution in [3.05, 3.63) is 57.4 Å². The Morgan fingerprint density at radius 2 is 1.96 bits per heavy atom. The number of hydrogen-bond acceptors (Lipinski definition) is 5. The van der Waals surface area contributed by atoms with Crippen LogP contribution in [0.25, 0.3) is 0 Å². The van der Waals surface area contributed by atoms with Gasteiger partial charge in [-0.1, -0.05) is 12.1 Å². The summed E-state index contributed by atoms with van der Waals surface area (Å²) < 4.78 is 2.02. The van der Waals surface area contributed by atoms with Crippen molar-refractivity contribution in [3.63, 3.8) is 0 Å². The summed E-state index contributed by atoms with van der Waals surface area (Å²) in [5.41, 5.74) is 3.23. The number of thioether (sulfide) groups is 1. The van der Waals surface area contributed by atoms with Crippen LogP contribution < -0.4 is 10.6 Å². The highest BCUT2D eigenvalue weighted by molar-refractivity contribution is 7.98. The standard InChI is InChI=1S/C19H28N6O2S/c1-15-13-16(2)24(23-15)11-4-9-20-19(21-10-12-28-3)22-14-17-5-7-18(8-6-17)25(26)27/h5-8,13H,4,9-12,14H2,1-3H3,(H2,20,21,22). The van der Waals surface area contributed by atoms with Crippen LogP contribution >= 0.6 is 11.8 Å². The summed E-state index contributed by atoms with van der Waals surface area (Å²) in [5.74, 6) is 1.74. The molecular formula is C19H28N6O2S. The number of rotatable bonds is 10. The Morgan fingerprint density at radius 1 is 1.25 bits per heavy atom. The van der Waals surface area contributed by atoms with Gasteiger partial charge in [0.1, 0.15) is 0 Å². The largest absolute Gasteiger partial charge is 0.356 e. The molecule has 1 aromatic heterocycles. The van der Waals surface area contributed by atoms with Crippen LogP contribution in [0.2, 0.25) is 0 Å². The van der Waals surface area contributed by atoms with E-state index in [9.17, 15) is 10.1 Å². The maximum absolute atomic E-state index is 10.7. The van der Waals surface area contributed by atoms with Gasteiger partial charge in [0.05, 0.1) is 17.2 Å². The van der Waals surface area contributed by atoms with E-state index in [1.54, 1.807) is 23.9 Å². The molecule has 8 nitrogen and oxygen atoms in total. The Kier molecular flexibility index (Phi) is 8.80. The highest BCUT2D eigenvalue weighted by Gasteiger charge is 2.05. The molecule has 0 saturated carbocycles. The van der Waals surface area contributed by atoms with E-state index in [-0.39, 0.29) is 5.69 Å². The lowest BCUT2D eigenvalue weighted by Crippen LogP contribution is -2.39. The molecule has 0 unspecified atom stereocenters. The average Bonchev–Trinajstić information content (AvgIpc) is 3.00. The van der Waals surface area contributed by atoms with Crippen LogP contribution in [-0.4, -0.2) is 45.8 Å². The SMILES string of the molecule is CSCCNC(=NCc1ccc([N+](=O)[O-])cc1)NCCCn1nc(C)cc1C. The van der Waals surface area contributed by atoms with E-state index in [4.69, 9.17) is 0 Å². The van der Waals surface area contributed by atoms with Gasteiger partial charge < -0.3 is 10.6 Å². The molecule has 152 valence electrons. The second kappa shape index (κ2) is 11.3. The van der Waals surface area contributed by atoms with Gasteiger partial charge in [-0.05, 0) is 38.2 Å². The topological polar surface area (TPSA) is 97.4 Å². The predicted octanol–water partition coefficient (Wildman–Crippen LogP) is 2.90. The predicted molar refractivity (Wildman–Crippen MR) is 115 cm³/mol. The van der Waals surface area contributed by atoms with Crippen LogP contribution in [0.15, 0.2) is 35.3 Å². The molecule has 1 heterocycles. The van der Waals surface area contributed by atoms with Crippen molar-refractivity contribution < 1.29 is 4.92 Å². The van der Waals surface area contributed by atoms with Crippen LogP contribution in [-0.2, 0) is 13.1 Å². The van der Waals surface area contributed by atoms with Crippen LogP contribution in [0, 0.1) is 24.0 Å². The first-order chi connectivity index (χ1) is 13.5. The Labute approximate surface area is 170 Å². The fourth-order valence-corrected chi connectivity index (χ4v) is 2.98. The van der Waals surface area contributed by atoms with E-state index >= 15 is 0 Å². The van der Waals surface area contributed by atoms with Crippen LogP contribution in [0.1, 0.15) is 23.4 Å². The number of aryl methyl sites for hydroxylation is 3. The summed E-state index contributed by atoms with van der Waals surface area (Å²) in [6.07, 6.45) is 3.00. The monoisotopic (exact) mass is 404 g/mol. The molecule has 0 saturated heterocycles. The number of nitro benzene ring substituents is 1. The first-order valence-corrected chi connectivity index (χ1v) is 10.6. The van der Waals surface area contributed by atoms with E-state index in [0.717, 1.165) is 49.0 Å². The molecule has 1 aromatic carbocycles. The van der Waals surface area contributed by atoms with Crippen LogP contribution in [0.3, 0.4) is 0 Å². The maximum Gasteiger partial charge on any atom is 0.269 e. The van der Waals surface area contributed by atoms with E-state index < -0.39 is 4.92 Å². The van der Waals surface area contributed by atoms with Crippen molar-refractivity contribution in [1.82, 2.24) is 20.4 Å². The molecule has 2 N–H and O–H groups in total. The van der Waals surface area contributed by atoms with E-state index in [2.05, 4.69) is 40.0 Å². The molecule has 0 aliphatic heterocycles. The van der Waals surface area contributed by atoms with Gasteiger partial charge in [-0.25, -0.2) is 4.99 Å². The van der Waals surface area contributed by atoms with Crippen molar-refractivity contribution in [2.24, 2.45) is 4.99 Å². The van der Waals surface area contributed by atoms with Gasteiger partial charge in [0.2, 0.25) is 0 Å². The summed E-state index contributed by atoms with van der Waals surface area (Å²) in [4.78, 5) is 14.9. The van der Waals surface area contributed by atoms with Gasteiger partial charge in [-0.3, -0.25) is 14.8 Å². The summed E-state index contributed by atoms with van der Waals surface area (Å²) in [5, 5.41) is 21.9. The van der Waals surface area contributed by atoms with Crippen LogP contribution in [0.5, 0.6) is 0 Å². The fraction of sp³-hybridized carbons (Fsp3) is 0.474. The summed E-state index contributed by atoms with van der Waals surface area (Å²) in [6, 6.07) is 8.57. The minimum Gasteiger partial charge on any atom is -0.356 e. The molecule has 0 radical (unpaired) electrons. The van der Waals surface area contributed by atoms with Crippen molar-refractivity contribution in [2.75, 3.05) is 25.1 Å². The maximum atomic E-state index is 10.7. The Morgan fingerprint density at radius 3 is 2.57 bits per heavy atom. The number of nitrogens with one attached hydrogen (secondary N) is 2. The molecule has 0 atom stereocenters. The first kappa shape index (κ1) is 21.7. The zero-order valence-corrected chi connectivity index (χ0v) is 17.5. The molecule has 0 fully saturated rings. The zero-order valence-electron chi connectivity index (χ0n) is 16.6.